The molecule has 0 amide bonds. The molecule has 2 aromatic heterocycles. The first kappa shape index (κ1) is 13.3. The molecular weight excluding hydrogens is 264 g/mol. The Kier molecular flexibility index (Phi) is 3.66. The standard InChI is InChI=1S/C12H14N4O2S/c1-7-10(4-3-9-5-19-12(13)15-9)14-6-16(7)8(2)11(17)18/h3-6,8H,1-2H3,(H2,13,15)(H,17,18)/b4-3+. The van der Waals surface area contributed by atoms with Gasteiger partial charge in [0.25, 0.3) is 0 Å². The lowest BCUT2D eigenvalue weighted by Gasteiger charge is -2.09. The van der Waals surface area contributed by atoms with E-state index in [0.29, 0.717) is 5.13 Å². The number of carbonyl (C=O) groups is 1. The van der Waals surface area contributed by atoms with E-state index in [2.05, 4.69) is 9.97 Å². The van der Waals surface area contributed by atoms with Crippen LogP contribution in [0.25, 0.3) is 12.2 Å². The lowest BCUT2D eigenvalue weighted by molar-refractivity contribution is -0.140. The third-order valence-electron chi connectivity index (χ3n) is 2.81. The Morgan fingerprint density at radius 3 is 2.89 bits per heavy atom. The summed E-state index contributed by atoms with van der Waals surface area (Å²) < 4.78 is 1.62. The fourth-order valence-corrected chi connectivity index (χ4v) is 2.18. The molecule has 0 aromatic carbocycles. The normalized spacial score (nSPS) is 12.9. The number of aromatic nitrogens is 3. The molecule has 2 aromatic rings. The van der Waals surface area contributed by atoms with Crippen LogP contribution in [0.5, 0.6) is 0 Å². The minimum Gasteiger partial charge on any atom is -0.480 e. The minimum atomic E-state index is -0.886. The van der Waals surface area contributed by atoms with Gasteiger partial charge in [-0.2, -0.15) is 0 Å². The molecule has 0 bridgehead atoms. The number of aliphatic carboxylic acids is 1. The van der Waals surface area contributed by atoms with Crippen LogP contribution in [-0.4, -0.2) is 25.6 Å². The number of hydrogen-bond acceptors (Lipinski definition) is 5. The van der Waals surface area contributed by atoms with Gasteiger partial charge in [-0.1, -0.05) is 0 Å². The zero-order valence-electron chi connectivity index (χ0n) is 10.6. The molecule has 0 saturated heterocycles. The van der Waals surface area contributed by atoms with Crippen LogP contribution in [0.3, 0.4) is 0 Å². The van der Waals surface area contributed by atoms with Gasteiger partial charge in [0.2, 0.25) is 0 Å². The molecule has 1 atom stereocenters. The number of nitrogens with two attached hydrogens (primary N) is 1. The van der Waals surface area contributed by atoms with Crippen LogP contribution < -0.4 is 5.73 Å². The van der Waals surface area contributed by atoms with Crippen molar-refractivity contribution in [1.29, 1.82) is 0 Å². The predicted octanol–water partition coefficient (Wildman–Crippen LogP) is 2.05. The number of rotatable bonds is 4. The van der Waals surface area contributed by atoms with Crippen molar-refractivity contribution in [2.45, 2.75) is 19.9 Å². The lowest BCUT2D eigenvalue weighted by atomic mass is 10.2. The van der Waals surface area contributed by atoms with Crippen LogP contribution >= 0.6 is 11.3 Å². The molecule has 0 saturated carbocycles. The Balaban J connectivity index is 2.23. The van der Waals surface area contributed by atoms with Crippen LogP contribution in [-0.2, 0) is 4.79 Å². The Labute approximate surface area is 114 Å². The molecule has 2 rings (SSSR count). The van der Waals surface area contributed by atoms with Gasteiger partial charge in [0, 0.05) is 11.1 Å². The summed E-state index contributed by atoms with van der Waals surface area (Å²) in [6, 6.07) is -0.635. The van der Waals surface area contributed by atoms with Gasteiger partial charge >= 0.3 is 5.97 Å². The van der Waals surface area contributed by atoms with E-state index in [-0.39, 0.29) is 0 Å². The number of imidazole rings is 1. The number of nitrogens with zero attached hydrogens (tertiary/aromatic N) is 3. The number of nitrogen functional groups attached to an aromatic ring is 1. The van der Waals surface area contributed by atoms with E-state index in [1.54, 1.807) is 23.6 Å². The van der Waals surface area contributed by atoms with Crippen LogP contribution in [0.2, 0.25) is 0 Å². The first-order chi connectivity index (χ1) is 8.99. The first-order valence-corrected chi connectivity index (χ1v) is 6.52. The predicted molar refractivity (Wildman–Crippen MR) is 74.8 cm³/mol. The number of carboxylic acid groups (broad SMARTS) is 1. The van der Waals surface area contributed by atoms with Gasteiger partial charge in [0.15, 0.2) is 5.13 Å². The average Bonchev–Trinajstić information content (AvgIpc) is 2.92. The molecule has 100 valence electrons. The van der Waals surface area contributed by atoms with Crippen molar-refractivity contribution in [3.63, 3.8) is 0 Å². The highest BCUT2D eigenvalue weighted by Gasteiger charge is 2.16. The third kappa shape index (κ3) is 2.82. The smallest absolute Gasteiger partial charge is 0.326 e. The molecular formula is C12H14N4O2S. The van der Waals surface area contributed by atoms with Gasteiger partial charge in [-0.3, -0.25) is 0 Å². The summed E-state index contributed by atoms with van der Waals surface area (Å²) in [7, 11) is 0. The quantitative estimate of drug-likeness (QED) is 0.892. The second-order valence-corrected chi connectivity index (χ2v) is 4.97. The van der Waals surface area contributed by atoms with Crippen molar-refractivity contribution in [2.24, 2.45) is 0 Å². The maximum absolute atomic E-state index is 11.0. The van der Waals surface area contributed by atoms with Gasteiger partial charge in [0.1, 0.15) is 6.04 Å². The van der Waals surface area contributed by atoms with Gasteiger partial charge < -0.3 is 15.4 Å². The highest BCUT2D eigenvalue weighted by atomic mass is 32.1. The van der Waals surface area contributed by atoms with E-state index >= 15 is 0 Å². The van der Waals surface area contributed by atoms with Crippen molar-refractivity contribution >= 4 is 34.6 Å². The summed E-state index contributed by atoms with van der Waals surface area (Å²) >= 11 is 1.37. The first-order valence-electron chi connectivity index (χ1n) is 5.64. The van der Waals surface area contributed by atoms with Crippen LogP contribution in [0, 0.1) is 6.92 Å². The molecule has 0 aliphatic rings. The molecule has 0 aliphatic heterocycles. The highest BCUT2D eigenvalue weighted by Crippen LogP contribution is 2.17. The zero-order valence-corrected chi connectivity index (χ0v) is 11.4. The van der Waals surface area contributed by atoms with Gasteiger partial charge in [-0.25, -0.2) is 14.8 Å². The fourth-order valence-electron chi connectivity index (χ4n) is 1.65. The molecule has 0 radical (unpaired) electrons. The summed E-state index contributed by atoms with van der Waals surface area (Å²) in [6.07, 6.45) is 5.13. The van der Waals surface area contributed by atoms with E-state index in [9.17, 15) is 4.79 Å². The third-order valence-corrected chi connectivity index (χ3v) is 3.50. The molecule has 0 spiro atoms. The van der Waals surface area contributed by atoms with Crippen molar-refractivity contribution < 1.29 is 9.90 Å². The Bertz CT molecular complexity index is 629. The van der Waals surface area contributed by atoms with Gasteiger partial charge in [0.05, 0.1) is 17.7 Å². The maximum atomic E-state index is 11.0. The van der Waals surface area contributed by atoms with E-state index in [4.69, 9.17) is 10.8 Å². The Morgan fingerprint density at radius 1 is 1.58 bits per heavy atom. The minimum absolute atomic E-state index is 0.515. The monoisotopic (exact) mass is 278 g/mol. The Hall–Kier alpha value is -2.15. The molecule has 2 heterocycles. The van der Waals surface area contributed by atoms with Crippen molar-refractivity contribution in [2.75, 3.05) is 5.73 Å². The molecule has 6 nitrogen and oxygen atoms in total. The molecule has 19 heavy (non-hydrogen) atoms. The average molecular weight is 278 g/mol. The number of anilines is 1. The summed E-state index contributed by atoms with van der Waals surface area (Å²) in [4.78, 5) is 19.3. The number of carboxylic acids is 1. The largest absolute Gasteiger partial charge is 0.480 e. The van der Waals surface area contributed by atoms with Crippen molar-refractivity contribution in [3.8, 4) is 0 Å². The molecule has 3 N–H and O–H groups in total. The second-order valence-electron chi connectivity index (χ2n) is 4.08. The van der Waals surface area contributed by atoms with Crippen molar-refractivity contribution in [1.82, 2.24) is 14.5 Å². The molecule has 7 heteroatoms. The highest BCUT2D eigenvalue weighted by molar-refractivity contribution is 7.13. The lowest BCUT2D eigenvalue weighted by Crippen LogP contribution is -2.15. The molecule has 0 aliphatic carbocycles. The van der Waals surface area contributed by atoms with Gasteiger partial charge in [-0.05, 0) is 26.0 Å². The molecule has 1 unspecified atom stereocenters. The van der Waals surface area contributed by atoms with Crippen molar-refractivity contribution in [3.05, 3.63) is 28.8 Å². The Morgan fingerprint density at radius 2 is 2.32 bits per heavy atom. The van der Waals surface area contributed by atoms with E-state index in [1.165, 1.54) is 17.7 Å². The molecule has 0 fully saturated rings. The van der Waals surface area contributed by atoms with Crippen LogP contribution in [0.4, 0.5) is 5.13 Å². The maximum Gasteiger partial charge on any atom is 0.326 e. The summed E-state index contributed by atoms with van der Waals surface area (Å²) in [5, 5.41) is 11.4. The summed E-state index contributed by atoms with van der Waals surface area (Å²) in [5.41, 5.74) is 7.83. The fraction of sp³-hybridized carbons (Fsp3) is 0.250. The van der Waals surface area contributed by atoms with Crippen LogP contribution in [0.15, 0.2) is 11.7 Å². The van der Waals surface area contributed by atoms with Crippen LogP contribution in [0.1, 0.15) is 30.0 Å². The van der Waals surface area contributed by atoms with E-state index in [1.807, 2.05) is 12.3 Å². The number of thiazole rings is 1. The van der Waals surface area contributed by atoms with E-state index < -0.39 is 12.0 Å². The van der Waals surface area contributed by atoms with Gasteiger partial charge in [-0.15, -0.1) is 11.3 Å². The summed E-state index contributed by atoms with van der Waals surface area (Å²) in [6.45, 7) is 3.45. The number of hydrogen-bond donors (Lipinski definition) is 2. The zero-order chi connectivity index (χ0) is 14.0. The second kappa shape index (κ2) is 5.23. The topological polar surface area (TPSA) is 94.0 Å². The van der Waals surface area contributed by atoms with E-state index in [0.717, 1.165) is 17.1 Å². The SMILES string of the molecule is Cc1c(/C=C/c2csc(N)n2)ncn1C(C)C(=O)O. The summed E-state index contributed by atoms with van der Waals surface area (Å²) in [5.74, 6) is -0.886.